The van der Waals surface area contributed by atoms with E-state index >= 15 is 0 Å². The summed E-state index contributed by atoms with van der Waals surface area (Å²) in [6.07, 6.45) is 0.364. The molecule has 2 nitrogen and oxygen atoms in total. The number of rotatable bonds is 4. The van der Waals surface area contributed by atoms with Crippen LogP contribution >= 0.6 is 11.6 Å². The molecule has 0 radical (unpaired) electrons. The fourth-order valence-corrected chi connectivity index (χ4v) is 1.98. The maximum absolute atomic E-state index is 12.1. The SMILES string of the molecule is COc1ccc(CC(=O)c2ccc(C)c(Cl)c2)cc1. The third kappa shape index (κ3) is 3.36. The Hall–Kier alpha value is -1.80. The average Bonchev–Trinajstić information content (AvgIpc) is 2.42. The first kappa shape index (κ1) is 13.6. The highest BCUT2D eigenvalue weighted by Crippen LogP contribution is 2.19. The summed E-state index contributed by atoms with van der Waals surface area (Å²) in [5, 5.41) is 0.626. The molecular weight excluding hydrogens is 260 g/mol. The molecule has 0 spiro atoms. The van der Waals surface area contributed by atoms with Crippen LogP contribution < -0.4 is 4.74 Å². The molecule has 0 atom stereocenters. The van der Waals surface area contributed by atoms with Crippen LogP contribution in [0.3, 0.4) is 0 Å². The molecule has 3 heteroatoms. The molecule has 0 amide bonds. The van der Waals surface area contributed by atoms with Crippen LogP contribution in [-0.4, -0.2) is 12.9 Å². The van der Waals surface area contributed by atoms with E-state index in [9.17, 15) is 4.79 Å². The van der Waals surface area contributed by atoms with Crippen molar-refractivity contribution in [2.24, 2.45) is 0 Å². The van der Waals surface area contributed by atoms with Crippen molar-refractivity contribution >= 4 is 17.4 Å². The highest BCUT2D eigenvalue weighted by Gasteiger charge is 2.08. The van der Waals surface area contributed by atoms with Crippen molar-refractivity contribution in [1.82, 2.24) is 0 Å². The molecular formula is C16H15ClO2. The van der Waals surface area contributed by atoms with Crippen LogP contribution in [-0.2, 0) is 6.42 Å². The number of benzene rings is 2. The molecule has 98 valence electrons. The first-order valence-corrected chi connectivity index (χ1v) is 6.40. The number of halogens is 1. The Kier molecular flexibility index (Phi) is 4.23. The number of Topliss-reactive ketones (excluding diaryl/α,β-unsaturated/α-hetero) is 1. The zero-order valence-corrected chi connectivity index (χ0v) is 11.7. The third-order valence-electron chi connectivity index (χ3n) is 3.02. The van der Waals surface area contributed by atoms with E-state index in [0.29, 0.717) is 17.0 Å². The van der Waals surface area contributed by atoms with Gasteiger partial charge in [0, 0.05) is 17.0 Å². The molecule has 19 heavy (non-hydrogen) atoms. The summed E-state index contributed by atoms with van der Waals surface area (Å²) in [5.41, 5.74) is 2.58. The summed E-state index contributed by atoms with van der Waals surface area (Å²) in [6.45, 7) is 1.92. The van der Waals surface area contributed by atoms with E-state index in [2.05, 4.69) is 0 Å². The van der Waals surface area contributed by atoms with Gasteiger partial charge < -0.3 is 4.74 Å². The zero-order valence-electron chi connectivity index (χ0n) is 10.9. The van der Waals surface area contributed by atoms with E-state index in [0.717, 1.165) is 16.9 Å². The number of aryl methyl sites for hydroxylation is 1. The summed E-state index contributed by atoms with van der Waals surface area (Å²) in [4.78, 5) is 12.1. The number of carbonyl (C=O) groups excluding carboxylic acids is 1. The Morgan fingerprint density at radius 1 is 1.16 bits per heavy atom. The van der Waals surface area contributed by atoms with Gasteiger partial charge in [0.1, 0.15) is 5.75 Å². The summed E-state index contributed by atoms with van der Waals surface area (Å²) < 4.78 is 5.09. The Morgan fingerprint density at radius 2 is 1.84 bits per heavy atom. The first-order chi connectivity index (χ1) is 9.10. The fraction of sp³-hybridized carbons (Fsp3) is 0.188. The quantitative estimate of drug-likeness (QED) is 0.785. The van der Waals surface area contributed by atoms with Gasteiger partial charge in [0.25, 0.3) is 0 Å². The minimum Gasteiger partial charge on any atom is -0.497 e. The molecule has 0 heterocycles. The third-order valence-corrected chi connectivity index (χ3v) is 3.42. The lowest BCUT2D eigenvalue weighted by atomic mass is 10.0. The highest BCUT2D eigenvalue weighted by atomic mass is 35.5. The van der Waals surface area contributed by atoms with E-state index in [4.69, 9.17) is 16.3 Å². The van der Waals surface area contributed by atoms with Crippen molar-refractivity contribution in [3.63, 3.8) is 0 Å². The first-order valence-electron chi connectivity index (χ1n) is 6.02. The summed E-state index contributed by atoms with van der Waals surface area (Å²) in [5.74, 6) is 0.849. The van der Waals surface area contributed by atoms with Crippen LogP contribution in [0.5, 0.6) is 5.75 Å². The molecule has 0 saturated heterocycles. The Labute approximate surface area is 118 Å². The zero-order chi connectivity index (χ0) is 13.8. The van der Waals surface area contributed by atoms with Crippen LogP contribution in [0.25, 0.3) is 0 Å². The highest BCUT2D eigenvalue weighted by molar-refractivity contribution is 6.31. The van der Waals surface area contributed by atoms with E-state index in [1.165, 1.54) is 0 Å². The van der Waals surface area contributed by atoms with Crippen LogP contribution in [0.1, 0.15) is 21.5 Å². The molecule has 2 rings (SSSR count). The minimum atomic E-state index is 0.0621. The lowest BCUT2D eigenvalue weighted by Gasteiger charge is -2.05. The van der Waals surface area contributed by atoms with E-state index in [-0.39, 0.29) is 5.78 Å². The summed E-state index contributed by atoms with van der Waals surface area (Å²) >= 11 is 6.03. The van der Waals surface area contributed by atoms with Crippen molar-refractivity contribution in [2.45, 2.75) is 13.3 Å². The Morgan fingerprint density at radius 3 is 2.42 bits per heavy atom. The smallest absolute Gasteiger partial charge is 0.167 e. The molecule has 0 aliphatic heterocycles. The average molecular weight is 275 g/mol. The van der Waals surface area contributed by atoms with Gasteiger partial charge in [-0.05, 0) is 36.2 Å². The van der Waals surface area contributed by atoms with Crippen LogP contribution in [0.2, 0.25) is 5.02 Å². The molecule has 0 saturated carbocycles. The number of hydrogen-bond donors (Lipinski definition) is 0. The predicted octanol–water partition coefficient (Wildman–Crippen LogP) is 4.08. The van der Waals surface area contributed by atoms with Crippen molar-refractivity contribution in [3.8, 4) is 5.75 Å². The van der Waals surface area contributed by atoms with Gasteiger partial charge in [0.15, 0.2) is 5.78 Å². The van der Waals surface area contributed by atoms with Crippen molar-refractivity contribution in [1.29, 1.82) is 0 Å². The lowest BCUT2D eigenvalue weighted by molar-refractivity contribution is 0.0993. The lowest BCUT2D eigenvalue weighted by Crippen LogP contribution is -2.03. The molecule has 0 fully saturated rings. The number of hydrogen-bond acceptors (Lipinski definition) is 2. The van der Waals surface area contributed by atoms with Gasteiger partial charge in [-0.1, -0.05) is 35.9 Å². The van der Waals surface area contributed by atoms with Crippen molar-refractivity contribution in [2.75, 3.05) is 7.11 Å². The molecule has 0 bridgehead atoms. The molecule has 0 aliphatic rings. The largest absolute Gasteiger partial charge is 0.497 e. The van der Waals surface area contributed by atoms with Gasteiger partial charge in [-0.15, -0.1) is 0 Å². The van der Waals surface area contributed by atoms with Crippen LogP contribution in [0, 0.1) is 6.92 Å². The fourth-order valence-electron chi connectivity index (χ4n) is 1.80. The molecule has 0 aliphatic carbocycles. The number of ether oxygens (including phenoxy) is 1. The molecule has 0 unspecified atom stereocenters. The maximum Gasteiger partial charge on any atom is 0.167 e. The minimum absolute atomic E-state index is 0.0621. The van der Waals surface area contributed by atoms with Crippen LogP contribution in [0.4, 0.5) is 0 Å². The van der Waals surface area contributed by atoms with Gasteiger partial charge in [0.05, 0.1) is 7.11 Å². The van der Waals surface area contributed by atoms with Gasteiger partial charge in [-0.3, -0.25) is 4.79 Å². The molecule has 2 aromatic carbocycles. The van der Waals surface area contributed by atoms with Gasteiger partial charge >= 0.3 is 0 Å². The monoisotopic (exact) mass is 274 g/mol. The van der Waals surface area contributed by atoms with E-state index in [1.807, 2.05) is 43.3 Å². The second-order valence-corrected chi connectivity index (χ2v) is 4.82. The second kappa shape index (κ2) is 5.89. The predicted molar refractivity (Wildman–Crippen MR) is 77.2 cm³/mol. The molecule has 0 aromatic heterocycles. The Balaban J connectivity index is 2.13. The van der Waals surface area contributed by atoms with Crippen molar-refractivity contribution < 1.29 is 9.53 Å². The summed E-state index contributed by atoms with van der Waals surface area (Å²) in [7, 11) is 1.62. The van der Waals surface area contributed by atoms with Crippen LogP contribution in [0.15, 0.2) is 42.5 Å². The number of carbonyl (C=O) groups is 1. The van der Waals surface area contributed by atoms with E-state index in [1.54, 1.807) is 13.2 Å². The van der Waals surface area contributed by atoms with Gasteiger partial charge in [0.2, 0.25) is 0 Å². The Bertz CT molecular complexity index is 588. The standard InChI is InChI=1S/C16H15ClO2/c1-11-3-6-13(10-15(11)17)16(18)9-12-4-7-14(19-2)8-5-12/h3-8,10H,9H2,1-2H3. The normalized spacial score (nSPS) is 10.3. The van der Waals surface area contributed by atoms with Crippen molar-refractivity contribution in [3.05, 3.63) is 64.2 Å². The number of ketones is 1. The second-order valence-electron chi connectivity index (χ2n) is 4.41. The van der Waals surface area contributed by atoms with E-state index < -0.39 is 0 Å². The van der Waals surface area contributed by atoms with Gasteiger partial charge in [-0.2, -0.15) is 0 Å². The topological polar surface area (TPSA) is 26.3 Å². The maximum atomic E-state index is 12.1. The molecule has 2 aromatic rings. The van der Waals surface area contributed by atoms with Gasteiger partial charge in [-0.25, -0.2) is 0 Å². The number of methoxy groups -OCH3 is 1. The summed E-state index contributed by atoms with van der Waals surface area (Å²) in [6, 6.07) is 12.9. The molecule has 0 N–H and O–H groups in total.